The van der Waals surface area contributed by atoms with Crippen molar-refractivity contribution >= 4 is 7.82 Å². The molecule has 17 heavy (non-hydrogen) atoms. The zero-order valence-corrected chi connectivity index (χ0v) is 11.8. The second-order valence-electron chi connectivity index (χ2n) is 3.27. The van der Waals surface area contributed by atoms with Gasteiger partial charge in [0.15, 0.2) is 6.29 Å². The van der Waals surface area contributed by atoms with Crippen molar-refractivity contribution in [1.29, 1.82) is 0 Å². The van der Waals surface area contributed by atoms with Gasteiger partial charge in [-0.25, -0.2) is 0 Å². The average molecular weight is 282 g/mol. The molecule has 1 unspecified atom stereocenters. The monoisotopic (exact) mass is 282 g/mol. The van der Waals surface area contributed by atoms with Crippen LogP contribution >= 0.6 is 7.82 Å². The van der Waals surface area contributed by atoms with Crippen LogP contribution < -0.4 is 34.5 Å². The third-order valence-electron chi connectivity index (χ3n) is 2.09. The molecule has 0 aromatic carbocycles. The number of hydrogen-bond acceptors (Lipinski definition) is 8. The Morgan fingerprint density at radius 3 is 2.18 bits per heavy atom. The summed E-state index contributed by atoms with van der Waals surface area (Å²) in [4.78, 5) is 18.8. The van der Waals surface area contributed by atoms with Crippen molar-refractivity contribution in [2.75, 3.05) is 6.61 Å². The van der Waals surface area contributed by atoms with Gasteiger partial charge in [0.1, 0.15) is 24.4 Å². The van der Waals surface area contributed by atoms with Gasteiger partial charge in [0, 0.05) is 0 Å². The third kappa shape index (κ3) is 4.83. The van der Waals surface area contributed by atoms with Gasteiger partial charge < -0.3 is 34.9 Å². The number of rotatable bonds is 3. The molecule has 0 aliphatic carbocycles. The molecule has 0 spiro atoms. The van der Waals surface area contributed by atoms with Crippen LogP contribution in [-0.2, 0) is 13.8 Å². The SMILES string of the molecule is O=P([O-])(O)O[C@H]1O[C@H](CO)[C@@H](O)[C@H](O)[C@@H]1O.[Na+]. The Morgan fingerprint density at radius 1 is 1.24 bits per heavy atom. The van der Waals surface area contributed by atoms with Crippen molar-refractivity contribution in [3.8, 4) is 0 Å². The van der Waals surface area contributed by atoms with Crippen LogP contribution in [0.4, 0.5) is 0 Å². The van der Waals surface area contributed by atoms with Gasteiger partial charge in [-0.05, 0) is 0 Å². The molecule has 11 heteroatoms. The molecule has 1 rings (SSSR count). The Bertz CT molecular complexity index is 281. The smallest absolute Gasteiger partial charge is 0.756 e. The van der Waals surface area contributed by atoms with E-state index in [0.717, 1.165) is 0 Å². The van der Waals surface area contributed by atoms with E-state index in [4.69, 9.17) is 10.00 Å². The minimum atomic E-state index is -5.16. The molecule has 1 heterocycles. The van der Waals surface area contributed by atoms with Crippen LogP contribution in [-0.4, -0.2) is 62.6 Å². The first kappa shape index (κ1) is 17.9. The molecule has 0 radical (unpaired) electrons. The quantitative estimate of drug-likeness (QED) is 0.250. The Balaban J connectivity index is 0.00000256. The summed E-state index contributed by atoms with van der Waals surface area (Å²) in [7, 11) is -5.16. The molecule has 9 nitrogen and oxygen atoms in total. The van der Waals surface area contributed by atoms with Crippen molar-refractivity contribution in [1.82, 2.24) is 0 Å². The summed E-state index contributed by atoms with van der Waals surface area (Å²) < 4.78 is 19.0. The Morgan fingerprint density at radius 2 is 1.76 bits per heavy atom. The zero-order chi connectivity index (χ0) is 12.5. The summed E-state index contributed by atoms with van der Waals surface area (Å²) in [6, 6.07) is 0. The molecule has 1 aliphatic heterocycles. The topological polar surface area (TPSA) is 160 Å². The van der Waals surface area contributed by atoms with Crippen LogP contribution in [0.15, 0.2) is 0 Å². The van der Waals surface area contributed by atoms with E-state index < -0.39 is 45.1 Å². The summed E-state index contributed by atoms with van der Waals surface area (Å²) in [6.07, 6.45) is -8.43. The van der Waals surface area contributed by atoms with Crippen LogP contribution in [0.5, 0.6) is 0 Å². The fraction of sp³-hybridized carbons (Fsp3) is 1.00. The molecule has 6 atom stereocenters. The van der Waals surface area contributed by atoms with E-state index in [1.807, 2.05) is 0 Å². The fourth-order valence-electron chi connectivity index (χ4n) is 1.29. The number of phosphoric acid groups is 1. The Kier molecular flexibility index (Phi) is 7.27. The first-order valence-electron chi connectivity index (χ1n) is 4.29. The molecular formula is C6H12NaO9P. The van der Waals surface area contributed by atoms with Crippen LogP contribution in [0.25, 0.3) is 0 Å². The van der Waals surface area contributed by atoms with Crippen molar-refractivity contribution in [2.24, 2.45) is 0 Å². The molecule has 96 valence electrons. The number of hydrogen-bond donors (Lipinski definition) is 5. The van der Waals surface area contributed by atoms with E-state index in [0.29, 0.717) is 0 Å². The first-order valence-corrected chi connectivity index (χ1v) is 5.78. The van der Waals surface area contributed by atoms with Crippen molar-refractivity contribution in [3.05, 3.63) is 0 Å². The maximum Gasteiger partial charge on any atom is 1.00 e. The maximum atomic E-state index is 10.4. The molecular weight excluding hydrogens is 270 g/mol. The summed E-state index contributed by atoms with van der Waals surface area (Å²) in [6.45, 7) is -0.723. The molecule has 0 bridgehead atoms. The first-order chi connectivity index (χ1) is 7.26. The fourth-order valence-corrected chi connectivity index (χ4v) is 1.72. The van der Waals surface area contributed by atoms with E-state index in [2.05, 4.69) is 9.26 Å². The maximum absolute atomic E-state index is 10.4. The number of aliphatic hydroxyl groups excluding tert-OH is 4. The number of phosphoric ester groups is 1. The van der Waals surface area contributed by atoms with Gasteiger partial charge in [0.2, 0.25) is 0 Å². The largest absolute Gasteiger partial charge is 1.00 e. The van der Waals surface area contributed by atoms with E-state index in [-0.39, 0.29) is 29.6 Å². The molecule has 1 fully saturated rings. The van der Waals surface area contributed by atoms with Gasteiger partial charge in [0.05, 0.1) is 6.61 Å². The summed E-state index contributed by atoms with van der Waals surface area (Å²) in [5.41, 5.74) is 0. The molecule has 1 saturated heterocycles. The van der Waals surface area contributed by atoms with Gasteiger partial charge in [-0.2, -0.15) is 0 Å². The van der Waals surface area contributed by atoms with Crippen LogP contribution in [0, 0.1) is 0 Å². The van der Waals surface area contributed by atoms with E-state index in [1.54, 1.807) is 0 Å². The molecule has 0 amide bonds. The van der Waals surface area contributed by atoms with Gasteiger partial charge in [-0.3, -0.25) is 9.09 Å². The van der Waals surface area contributed by atoms with Crippen molar-refractivity contribution < 1.29 is 73.6 Å². The molecule has 0 aromatic rings. The molecule has 0 aromatic heterocycles. The standard InChI is InChI=1S/C6H13O9P.Na/c7-1-2-3(8)4(9)5(10)6(14-2)15-16(11,12)13;/h2-10H,1H2,(H2,11,12,13);/q;+1/p-1/t2-,3-,4+,5+,6-;/m1./s1. The predicted octanol–water partition coefficient (Wildman–Crippen LogP) is -6.73. The minimum absolute atomic E-state index is 0. The van der Waals surface area contributed by atoms with Gasteiger partial charge in [-0.15, -0.1) is 0 Å². The molecule has 1 aliphatic rings. The van der Waals surface area contributed by atoms with Gasteiger partial charge in [0.25, 0.3) is 7.82 Å². The van der Waals surface area contributed by atoms with E-state index in [9.17, 15) is 24.8 Å². The number of ether oxygens (including phenoxy) is 1. The van der Waals surface area contributed by atoms with Crippen LogP contribution in [0.3, 0.4) is 0 Å². The summed E-state index contributed by atoms with van der Waals surface area (Å²) >= 11 is 0. The van der Waals surface area contributed by atoms with Gasteiger partial charge >= 0.3 is 29.6 Å². The normalized spacial score (nSPS) is 41.4. The predicted molar refractivity (Wildman–Crippen MR) is 44.7 cm³/mol. The van der Waals surface area contributed by atoms with E-state index in [1.165, 1.54) is 0 Å². The Hall–Kier alpha value is 0.910. The minimum Gasteiger partial charge on any atom is -0.756 e. The Labute approximate surface area is 119 Å². The second kappa shape index (κ2) is 6.90. The second-order valence-corrected chi connectivity index (χ2v) is 4.42. The van der Waals surface area contributed by atoms with Crippen molar-refractivity contribution in [2.45, 2.75) is 30.7 Å². The summed E-state index contributed by atoms with van der Waals surface area (Å²) in [5.74, 6) is 0. The average Bonchev–Trinajstić information content (AvgIpc) is 2.17. The third-order valence-corrected chi connectivity index (χ3v) is 2.56. The number of aliphatic hydroxyl groups is 4. The van der Waals surface area contributed by atoms with E-state index >= 15 is 0 Å². The zero-order valence-electron chi connectivity index (χ0n) is 8.91. The van der Waals surface area contributed by atoms with Gasteiger partial charge in [-0.1, -0.05) is 0 Å². The van der Waals surface area contributed by atoms with Crippen molar-refractivity contribution in [3.63, 3.8) is 0 Å². The van der Waals surface area contributed by atoms with Crippen LogP contribution in [0.2, 0.25) is 0 Å². The summed E-state index contributed by atoms with van der Waals surface area (Å²) in [5, 5.41) is 36.5. The molecule has 5 N–H and O–H groups in total. The van der Waals surface area contributed by atoms with Crippen LogP contribution in [0.1, 0.15) is 0 Å². The molecule has 0 saturated carbocycles.